The molecule has 0 unspecified atom stereocenters. The molecule has 10 heteroatoms. The number of amides is 1. The van der Waals surface area contributed by atoms with Gasteiger partial charge >= 0.3 is 0 Å². The molecule has 0 aliphatic heterocycles. The number of rotatable bonds is 7. The Morgan fingerprint density at radius 2 is 1.76 bits per heavy atom. The maximum absolute atomic E-state index is 12.5. The molecule has 1 amide bonds. The van der Waals surface area contributed by atoms with Gasteiger partial charge in [-0.2, -0.15) is 5.10 Å². The van der Waals surface area contributed by atoms with Crippen LogP contribution in [0.15, 0.2) is 47.6 Å². The van der Waals surface area contributed by atoms with Crippen LogP contribution in [-0.2, 0) is 14.8 Å². The number of halogens is 2. The van der Waals surface area contributed by atoms with E-state index in [0.717, 1.165) is 44.3 Å². The van der Waals surface area contributed by atoms with E-state index in [1.807, 2.05) is 44.4 Å². The van der Waals surface area contributed by atoms with Gasteiger partial charge < -0.3 is 4.57 Å². The first-order valence-corrected chi connectivity index (χ1v) is 13.0. The van der Waals surface area contributed by atoms with Gasteiger partial charge in [0.15, 0.2) is 0 Å². The molecule has 34 heavy (non-hydrogen) atoms. The highest BCUT2D eigenvalue weighted by molar-refractivity contribution is 7.92. The maximum atomic E-state index is 12.5. The molecule has 0 atom stereocenters. The summed E-state index contributed by atoms with van der Waals surface area (Å²) in [6.07, 6.45) is 2.57. The molecule has 0 saturated heterocycles. The molecule has 1 aromatic heterocycles. The van der Waals surface area contributed by atoms with Crippen molar-refractivity contribution in [3.8, 4) is 5.69 Å². The number of sulfonamides is 1. The second-order valence-electron chi connectivity index (χ2n) is 8.09. The van der Waals surface area contributed by atoms with E-state index < -0.39 is 22.5 Å². The molecule has 1 heterocycles. The van der Waals surface area contributed by atoms with Crippen LogP contribution < -0.4 is 9.73 Å². The van der Waals surface area contributed by atoms with Crippen molar-refractivity contribution in [2.45, 2.75) is 27.7 Å². The van der Waals surface area contributed by atoms with Gasteiger partial charge in [-0.25, -0.2) is 13.8 Å². The molecule has 3 aromatic rings. The van der Waals surface area contributed by atoms with Crippen LogP contribution in [0.25, 0.3) is 5.69 Å². The van der Waals surface area contributed by atoms with Gasteiger partial charge in [0.05, 0.1) is 28.9 Å². The summed E-state index contributed by atoms with van der Waals surface area (Å²) < 4.78 is 27.6. The highest BCUT2D eigenvalue weighted by atomic mass is 35.5. The molecule has 0 bridgehead atoms. The number of benzene rings is 2. The molecule has 7 nitrogen and oxygen atoms in total. The smallest absolute Gasteiger partial charge is 0.260 e. The minimum absolute atomic E-state index is 0.393. The van der Waals surface area contributed by atoms with Crippen LogP contribution in [0.2, 0.25) is 10.0 Å². The zero-order valence-electron chi connectivity index (χ0n) is 19.6. The van der Waals surface area contributed by atoms with Crippen molar-refractivity contribution in [2.75, 3.05) is 17.1 Å². The fourth-order valence-electron chi connectivity index (χ4n) is 3.57. The summed E-state index contributed by atoms with van der Waals surface area (Å²) in [6.45, 7) is 7.25. The quantitative estimate of drug-likeness (QED) is 0.353. The van der Waals surface area contributed by atoms with Gasteiger partial charge in [-0.3, -0.25) is 9.10 Å². The van der Waals surface area contributed by atoms with Crippen LogP contribution in [0.3, 0.4) is 0 Å². The van der Waals surface area contributed by atoms with E-state index in [0.29, 0.717) is 15.7 Å². The first kappa shape index (κ1) is 25.8. The first-order chi connectivity index (χ1) is 15.9. The Morgan fingerprint density at radius 3 is 2.41 bits per heavy atom. The first-order valence-electron chi connectivity index (χ1n) is 10.4. The second kappa shape index (κ2) is 10.2. The number of hydrogen-bond acceptors (Lipinski definition) is 4. The summed E-state index contributed by atoms with van der Waals surface area (Å²) in [4.78, 5) is 12.5. The van der Waals surface area contributed by atoms with Gasteiger partial charge in [0, 0.05) is 22.0 Å². The van der Waals surface area contributed by atoms with Gasteiger partial charge in [0.1, 0.15) is 6.54 Å². The number of aromatic nitrogens is 1. The van der Waals surface area contributed by atoms with E-state index in [1.54, 1.807) is 30.3 Å². The average Bonchev–Trinajstić information content (AvgIpc) is 3.02. The molecular weight excluding hydrogens is 495 g/mol. The molecule has 0 aliphatic rings. The summed E-state index contributed by atoms with van der Waals surface area (Å²) in [6, 6.07) is 12.4. The van der Waals surface area contributed by atoms with E-state index in [-0.39, 0.29) is 0 Å². The van der Waals surface area contributed by atoms with Crippen molar-refractivity contribution < 1.29 is 13.2 Å². The Bertz CT molecular complexity index is 1380. The van der Waals surface area contributed by atoms with Crippen molar-refractivity contribution in [2.24, 2.45) is 5.10 Å². The lowest BCUT2D eigenvalue weighted by atomic mass is 10.1. The van der Waals surface area contributed by atoms with Gasteiger partial charge in [0.2, 0.25) is 10.0 Å². The zero-order valence-corrected chi connectivity index (χ0v) is 21.9. The van der Waals surface area contributed by atoms with E-state index in [2.05, 4.69) is 10.5 Å². The van der Waals surface area contributed by atoms with Gasteiger partial charge in [-0.05, 0) is 75.2 Å². The van der Waals surface area contributed by atoms with Crippen LogP contribution in [0.4, 0.5) is 5.69 Å². The Kier molecular flexibility index (Phi) is 7.75. The molecule has 2 aromatic carbocycles. The van der Waals surface area contributed by atoms with Gasteiger partial charge in [-0.1, -0.05) is 29.3 Å². The molecule has 0 fully saturated rings. The van der Waals surface area contributed by atoms with Crippen LogP contribution in [-0.4, -0.2) is 37.9 Å². The number of anilines is 1. The normalized spacial score (nSPS) is 11.7. The summed E-state index contributed by atoms with van der Waals surface area (Å²) >= 11 is 12.5. The molecule has 0 aliphatic carbocycles. The minimum atomic E-state index is -3.67. The molecule has 180 valence electrons. The fraction of sp³-hybridized carbons (Fsp3) is 0.250. The van der Waals surface area contributed by atoms with Crippen LogP contribution in [0.1, 0.15) is 28.1 Å². The van der Waals surface area contributed by atoms with E-state index in [4.69, 9.17) is 23.2 Å². The Morgan fingerprint density at radius 1 is 1.06 bits per heavy atom. The SMILES string of the molecule is Cc1ccc(N(CC(=O)N/N=C\c2cc(C)n(-c3cc(Cl)ccc3Cl)c2C)S(C)(=O)=O)cc1C. The van der Waals surface area contributed by atoms with Gasteiger partial charge in [0.25, 0.3) is 5.91 Å². The largest absolute Gasteiger partial charge is 0.316 e. The van der Waals surface area contributed by atoms with Crippen molar-refractivity contribution in [1.82, 2.24) is 9.99 Å². The number of nitrogens with zero attached hydrogens (tertiary/aromatic N) is 3. The summed E-state index contributed by atoms with van der Waals surface area (Å²) in [5.41, 5.74) is 8.07. The molecule has 0 spiro atoms. The average molecular weight is 521 g/mol. The lowest BCUT2D eigenvalue weighted by molar-refractivity contribution is -0.119. The summed E-state index contributed by atoms with van der Waals surface area (Å²) in [7, 11) is -3.67. The third-order valence-corrected chi connectivity index (χ3v) is 7.17. The van der Waals surface area contributed by atoms with Crippen LogP contribution in [0, 0.1) is 27.7 Å². The standard InChI is InChI=1S/C24H26Cl2N4O3S/c1-15-6-8-21(10-16(15)2)29(34(5,32)33)14-24(31)28-27-13-19-11-17(3)30(18(19)4)23-12-20(25)7-9-22(23)26/h6-13H,14H2,1-5H3,(H,28,31)/b27-13-. The lowest BCUT2D eigenvalue weighted by Gasteiger charge is -2.22. The minimum Gasteiger partial charge on any atom is -0.316 e. The maximum Gasteiger partial charge on any atom is 0.260 e. The number of carbonyl (C=O) groups excluding carboxylic acids is 1. The number of nitrogens with one attached hydrogen (secondary N) is 1. The lowest BCUT2D eigenvalue weighted by Crippen LogP contribution is -2.39. The molecular formula is C24H26Cl2N4O3S. The Labute approximate surface area is 210 Å². The zero-order chi connectivity index (χ0) is 25.2. The third-order valence-electron chi connectivity index (χ3n) is 5.48. The number of aryl methyl sites for hydroxylation is 3. The summed E-state index contributed by atoms with van der Waals surface area (Å²) in [5.74, 6) is -0.563. The van der Waals surface area contributed by atoms with Crippen molar-refractivity contribution in [3.63, 3.8) is 0 Å². The van der Waals surface area contributed by atoms with Gasteiger partial charge in [-0.15, -0.1) is 0 Å². The van der Waals surface area contributed by atoms with Crippen molar-refractivity contribution in [3.05, 3.63) is 80.6 Å². The second-order valence-corrected chi connectivity index (χ2v) is 10.8. The van der Waals surface area contributed by atoms with Crippen LogP contribution in [0.5, 0.6) is 0 Å². The number of carbonyl (C=O) groups is 1. The predicted octanol–water partition coefficient (Wildman–Crippen LogP) is 4.93. The summed E-state index contributed by atoms with van der Waals surface area (Å²) in [5, 5.41) is 5.15. The monoisotopic (exact) mass is 520 g/mol. The molecule has 0 radical (unpaired) electrons. The Balaban J connectivity index is 1.78. The molecule has 0 saturated carbocycles. The molecule has 1 N–H and O–H groups in total. The highest BCUT2D eigenvalue weighted by Gasteiger charge is 2.21. The van der Waals surface area contributed by atoms with Crippen molar-refractivity contribution >= 4 is 51.0 Å². The van der Waals surface area contributed by atoms with E-state index in [1.165, 1.54) is 6.21 Å². The highest BCUT2D eigenvalue weighted by Crippen LogP contribution is 2.28. The van der Waals surface area contributed by atoms with Crippen molar-refractivity contribution in [1.29, 1.82) is 0 Å². The van der Waals surface area contributed by atoms with E-state index >= 15 is 0 Å². The number of hydrogen-bond donors (Lipinski definition) is 1. The molecule has 3 rings (SSSR count). The van der Waals surface area contributed by atoms with E-state index in [9.17, 15) is 13.2 Å². The topological polar surface area (TPSA) is 83.8 Å². The Hall–Kier alpha value is -2.81. The van der Waals surface area contributed by atoms with Crippen LogP contribution >= 0.6 is 23.2 Å². The fourth-order valence-corrected chi connectivity index (χ4v) is 4.78. The predicted molar refractivity (Wildman–Crippen MR) is 139 cm³/mol. The third kappa shape index (κ3) is 5.81. The number of hydrazone groups is 1.